The SMILES string of the molecule is O=C(O)Cc1ccc(C(=O)N2CCCC(F)(c3ccccc3)C2)cc1. The standard InChI is InChI=1S/C20H20FNO3/c21-20(17-5-2-1-3-6-17)11-4-12-22(14-20)19(25)16-9-7-15(8-10-16)13-18(23)24/h1-3,5-10H,4,11-14H2,(H,23,24). The number of rotatable bonds is 4. The number of hydrogen-bond acceptors (Lipinski definition) is 2. The van der Waals surface area contributed by atoms with Crippen LogP contribution >= 0.6 is 0 Å². The number of hydrogen-bond donors (Lipinski definition) is 1. The van der Waals surface area contributed by atoms with Gasteiger partial charge in [0.15, 0.2) is 5.67 Å². The summed E-state index contributed by atoms with van der Waals surface area (Å²) in [6, 6.07) is 15.4. The van der Waals surface area contributed by atoms with Crippen LogP contribution in [0.2, 0.25) is 0 Å². The molecule has 1 amide bonds. The predicted octanol–water partition coefficient (Wildman–Crippen LogP) is 3.41. The molecule has 5 heteroatoms. The molecule has 0 bridgehead atoms. The van der Waals surface area contributed by atoms with Crippen LogP contribution in [0.5, 0.6) is 0 Å². The third kappa shape index (κ3) is 3.87. The number of alkyl halides is 1. The third-order valence-electron chi connectivity index (χ3n) is 4.58. The first-order chi connectivity index (χ1) is 12.0. The Morgan fingerprint density at radius 2 is 1.76 bits per heavy atom. The summed E-state index contributed by atoms with van der Waals surface area (Å²) in [6.45, 7) is 0.556. The molecule has 1 unspecified atom stereocenters. The number of nitrogens with zero attached hydrogens (tertiary/aromatic N) is 1. The maximum Gasteiger partial charge on any atom is 0.307 e. The molecule has 1 N–H and O–H groups in total. The summed E-state index contributed by atoms with van der Waals surface area (Å²) in [5.74, 6) is -1.14. The van der Waals surface area contributed by atoms with Crippen molar-refractivity contribution >= 4 is 11.9 Å². The Balaban J connectivity index is 1.75. The summed E-state index contributed by atoms with van der Waals surface area (Å²) in [7, 11) is 0. The highest BCUT2D eigenvalue weighted by Crippen LogP contribution is 2.35. The zero-order valence-electron chi connectivity index (χ0n) is 13.8. The number of benzene rings is 2. The van der Waals surface area contributed by atoms with E-state index in [1.165, 1.54) is 0 Å². The Kier molecular flexibility index (Phi) is 4.83. The highest BCUT2D eigenvalue weighted by Gasteiger charge is 2.38. The molecule has 0 saturated carbocycles. The van der Waals surface area contributed by atoms with Crippen molar-refractivity contribution in [3.05, 3.63) is 71.3 Å². The lowest BCUT2D eigenvalue weighted by Crippen LogP contribution is -2.46. The molecule has 3 rings (SSSR count). The monoisotopic (exact) mass is 341 g/mol. The fraction of sp³-hybridized carbons (Fsp3) is 0.300. The van der Waals surface area contributed by atoms with E-state index < -0.39 is 11.6 Å². The van der Waals surface area contributed by atoms with E-state index in [1.807, 2.05) is 6.07 Å². The molecule has 4 nitrogen and oxygen atoms in total. The number of carboxylic acids is 1. The predicted molar refractivity (Wildman–Crippen MR) is 92.1 cm³/mol. The molecule has 2 aromatic carbocycles. The van der Waals surface area contributed by atoms with Crippen LogP contribution in [0.25, 0.3) is 0 Å². The van der Waals surface area contributed by atoms with Crippen molar-refractivity contribution in [2.24, 2.45) is 0 Å². The van der Waals surface area contributed by atoms with Gasteiger partial charge in [-0.1, -0.05) is 42.5 Å². The van der Waals surface area contributed by atoms with E-state index in [-0.39, 0.29) is 18.9 Å². The summed E-state index contributed by atoms with van der Waals surface area (Å²) in [6.07, 6.45) is 0.923. The number of aliphatic carboxylic acids is 1. The van der Waals surface area contributed by atoms with Gasteiger partial charge < -0.3 is 10.0 Å². The van der Waals surface area contributed by atoms with Crippen LogP contribution in [0.3, 0.4) is 0 Å². The topological polar surface area (TPSA) is 57.6 Å². The molecule has 0 aliphatic carbocycles. The zero-order chi connectivity index (χ0) is 17.9. The van der Waals surface area contributed by atoms with Crippen molar-refractivity contribution in [2.45, 2.75) is 24.9 Å². The number of likely N-dealkylation sites (tertiary alicyclic amines) is 1. The fourth-order valence-corrected chi connectivity index (χ4v) is 3.28. The van der Waals surface area contributed by atoms with Crippen molar-refractivity contribution in [1.29, 1.82) is 0 Å². The highest BCUT2D eigenvalue weighted by molar-refractivity contribution is 5.94. The minimum Gasteiger partial charge on any atom is -0.481 e. The van der Waals surface area contributed by atoms with Crippen molar-refractivity contribution in [3.8, 4) is 0 Å². The smallest absolute Gasteiger partial charge is 0.307 e. The van der Waals surface area contributed by atoms with Crippen LogP contribution in [-0.2, 0) is 16.9 Å². The largest absolute Gasteiger partial charge is 0.481 e. The van der Waals surface area contributed by atoms with Crippen molar-refractivity contribution < 1.29 is 19.1 Å². The van der Waals surface area contributed by atoms with Gasteiger partial charge in [0, 0.05) is 12.1 Å². The average molecular weight is 341 g/mol. The Hall–Kier alpha value is -2.69. The van der Waals surface area contributed by atoms with Crippen LogP contribution in [-0.4, -0.2) is 35.0 Å². The Morgan fingerprint density at radius 3 is 2.40 bits per heavy atom. The van der Waals surface area contributed by atoms with E-state index in [1.54, 1.807) is 53.4 Å². The van der Waals surface area contributed by atoms with Gasteiger partial charge in [-0.05, 0) is 36.1 Å². The van der Waals surface area contributed by atoms with E-state index in [4.69, 9.17) is 5.11 Å². The lowest BCUT2D eigenvalue weighted by molar-refractivity contribution is -0.136. The molecule has 2 aromatic rings. The second-order valence-electron chi connectivity index (χ2n) is 6.43. The number of carbonyl (C=O) groups is 2. The molecular formula is C20H20FNO3. The normalized spacial score (nSPS) is 20.3. The second kappa shape index (κ2) is 7.05. The quantitative estimate of drug-likeness (QED) is 0.927. The Bertz CT molecular complexity index is 760. The molecule has 25 heavy (non-hydrogen) atoms. The maximum absolute atomic E-state index is 15.4. The van der Waals surface area contributed by atoms with Gasteiger partial charge in [-0.3, -0.25) is 9.59 Å². The first kappa shape index (κ1) is 17.1. The van der Waals surface area contributed by atoms with E-state index in [0.29, 0.717) is 36.1 Å². The van der Waals surface area contributed by atoms with Crippen LogP contribution < -0.4 is 0 Å². The number of piperidine rings is 1. The minimum atomic E-state index is -1.53. The summed E-state index contributed by atoms with van der Waals surface area (Å²) in [4.78, 5) is 25.0. The van der Waals surface area contributed by atoms with Gasteiger partial charge in [-0.15, -0.1) is 0 Å². The van der Waals surface area contributed by atoms with Gasteiger partial charge in [0.05, 0.1) is 13.0 Å². The summed E-state index contributed by atoms with van der Waals surface area (Å²) < 4.78 is 15.4. The second-order valence-corrected chi connectivity index (χ2v) is 6.43. The number of carbonyl (C=O) groups excluding carboxylic acids is 1. The van der Waals surface area contributed by atoms with Gasteiger partial charge in [-0.2, -0.15) is 0 Å². The van der Waals surface area contributed by atoms with E-state index in [0.717, 1.165) is 0 Å². The molecule has 130 valence electrons. The van der Waals surface area contributed by atoms with Crippen LogP contribution in [0.1, 0.15) is 34.3 Å². The molecule has 1 atom stereocenters. The molecule has 0 aromatic heterocycles. The van der Waals surface area contributed by atoms with Crippen LogP contribution in [0.15, 0.2) is 54.6 Å². The van der Waals surface area contributed by atoms with Crippen LogP contribution in [0.4, 0.5) is 4.39 Å². The molecule has 0 spiro atoms. The first-order valence-corrected chi connectivity index (χ1v) is 8.32. The van der Waals surface area contributed by atoms with Crippen molar-refractivity contribution in [2.75, 3.05) is 13.1 Å². The highest BCUT2D eigenvalue weighted by atomic mass is 19.1. The molecule has 1 saturated heterocycles. The van der Waals surface area contributed by atoms with Gasteiger partial charge in [0.1, 0.15) is 0 Å². The Morgan fingerprint density at radius 1 is 1.08 bits per heavy atom. The van der Waals surface area contributed by atoms with Gasteiger partial charge in [0.25, 0.3) is 5.91 Å². The Labute approximate surface area is 145 Å². The summed E-state index contributed by atoms with van der Waals surface area (Å²) in [5, 5.41) is 8.80. The maximum atomic E-state index is 15.4. The number of halogens is 1. The minimum absolute atomic E-state index is 0.0344. The third-order valence-corrected chi connectivity index (χ3v) is 4.58. The lowest BCUT2D eigenvalue weighted by atomic mass is 9.87. The van der Waals surface area contributed by atoms with Gasteiger partial charge in [-0.25, -0.2) is 4.39 Å². The summed E-state index contributed by atoms with van der Waals surface area (Å²) >= 11 is 0. The first-order valence-electron chi connectivity index (χ1n) is 8.32. The average Bonchev–Trinajstić information content (AvgIpc) is 2.62. The van der Waals surface area contributed by atoms with E-state index >= 15 is 4.39 Å². The molecule has 1 heterocycles. The van der Waals surface area contributed by atoms with E-state index in [9.17, 15) is 9.59 Å². The van der Waals surface area contributed by atoms with Gasteiger partial charge >= 0.3 is 5.97 Å². The van der Waals surface area contributed by atoms with Gasteiger partial charge in [0.2, 0.25) is 0 Å². The summed E-state index contributed by atoms with van der Waals surface area (Å²) in [5.41, 5.74) is 0.154. The zero-order valence-corrected chi connectivity index (χ0v) is 13.8. The van der Waals surface area contributed by atoms with E-state index in [2.05, 4.69) is 0 Å². The fourth-order valence-electron chi connectivity index (χ4n) is 3.28. The molecule has 1 aliphatic rings. The van der Waals surface area contributed by atoms with Crippen molar-refractivity contribution in [1.82, 2.24) is 4.90 Å². The number of amides is 1. The molecule has 1 aliphatic heterocycles. The molecular weight excluding hydrogens is 321 g/mol. The molecule has 0 radical (unpaired) electrons. The molecule has 1 fully saturated rings. The van der Waals surface area contributed by atoms with Crippen LogP contribution in [0, 0.1) is 0 Å². The van der Waals surface area contributed by atoms with Crippen molar-refractivity contribution in [3.63, 3.8) is 0 Å². The lowest BCUT2D eigenvalue weighted by Gasteiger charge is -2.37. The number of carboxylic acid groups (broad SMARTS) is 1.